The molecule has 0 fully saturated rings. The molecule has 4 aromatic rings. The van der Waals surface area contributed by atoms with Gasteiger partial charge in [0.2, 0.25) is 16.9 Å². The van der Waals surface area contributed by atoms with Gasteiger partial charge in [-0.25, -0.2) is 9.67 Å². The highest BCUT2D eigenvalue weighted by atomic mass is 79.9. The lowest BCUT2D eigenvalue weighted by atomic mass is 10.2. The van der Waals surface area contributed by atoms with Crippen LogP contribution >= 0.6 is 27.7 Å². The third-order valence-electron chi connectivity index (χ3n) is 3.37. The van der Waals surface area contributed by atoms with Crippen LogP contribution in [0.4, 0.5) is 0 Å². The Kier molecular flexibility index (Phi) is 4.62. The van der Waals surface area contributed by atoms with E-state index in [-0.39, 0.29) is 0 Å². The van der Waals surface area contributed by atoms with Gasteiger partial charge < -0.3 is 4.42 Å². The van der Waals surface area contributed by atoms with Gasteiger partial charge >= 0.3 is 0 Å². The third-order valence-corrected chi connectivity index (χ3v) is 4.74. The van der Waals surface area contributed by atoms with Crippen molar-refractivity contribution in [2.45, 2.75) is 10.9 Å². The van der Waals surface area contributed by atoms with Crippen LogP contribution in [0.15, 0.2) is 75.0 Å². The molecule has 124 valence electrons. The quantitative estimate of drug-likeness (QED) is 0.452. The summed E-state index contributed by atoms with van der Waals surface area (Å²) in [7, 11) is 0. The number of thioether (sulfide) groups is 1. The van der Waals surface area contributed by atoms with Crippen LogP contribution in [-0.4, -0.2) is 25.0 Å². The van der Waals surface area contributed by atoms with Gasteiger partial charge in [-0.05, 0) is 36.4 Å². The molecule has 0 N–H and O–H groups in total. The monoisotopic (exact) mass is 413 g/mol. The molecule has 0 saturated carbocycles. The summed E-state index contributed by atoms with van der Waals surface area (Å²) in [6.45, 7) is 0. The van der Waals surface area contributed by atoms with Gasteiger partial charge in [0, 0.05) is 10.0 Å². The number of rotatable bonds is 5. The van der Waals surface area contributed by atoms with Crippen molar-refractivity contribution in [3.05, 3.63) is 71.3 Å². The van der Waals surface area contributed by atoms with Crippen molar-refractivity contribution < 1.29 is 4.42 Å². The predicted octanol–water partition coefficient (Wildman–Crippen LogP) is 4.37. The molecular weight excluding hydrogens is 402 g/mol. The van der Waals surface area contributed by atoms with E-state index in [1.807, 2.05) is 54.6 Å². The van der Waals surface area contributed by atoms with Crippen LogP contribution in [0.5, 0.6) is 0 Å². The normalized spacial score (nSPS) is 10.9. The maximum atomic E-state index is 5.70. The van der Waals surface area contributed by atoms with E-state index >= 15 is 0 Å². The Hall–Kier alpha value is -2.45. The zero-order valence-corrected chi connectivity index (χ0v) is 15.3. The lowest BCUT2D eigenvalue weighted by Crippen LogP contribution is -1.93. The largest absolute Gasteiger partial charge is 0.420 e. The Labute approximate surface area is 156 Å². The van der Waals surface area contributed by atoms with E-state index in [0.29, 0.717) is 22.7 Å². The summed E-state index contributed by atoms with van der Waals surface area (Å²) >= 11 is 4.86. The van der Waals surface area contributed by atoms with Crippen molar-refractivity contribution in [3.63, 3.8) is 0 Å². The second-order valence-electron chi connectivity index (χ2n) is 5.10. The molecule has 0 unspecified atom stereocenters. The first-order valence-corrected chi connectivity index (χ1v) is 9.24. The van der Waals surface area contributed by atoms with E-state index in [9.17, 15) is 0 Å². The van der Waals surface area contributed by atoms with Crippen LogP contribution in [0.25, 0.3) is 17.1 Å². The van der Waals surface area contributed by atoms with E-state index in [2.05, 4.69) is 36.2 Å². The minimum absolute atomic E-state index is 0.505. The summed E-state index contributed by atoms with van der Waals surface area (Å²) in [5.74, 6) is 1.56. The zero-order valence-electron chi connectivity index (χ0n) is 12.9. The lowest BCUT2D eigenvalue weighted by Gasteiger charge is -1.97. The van der Waals surface area contributed by atoms with Crippen LogP contribution in [0.1, 0.15) is 5.89 Å². The Morgan fingerprint density at radius 1 is 1.00 bits per heavy atom. The van der Waals surface area contributed by atoms with E-state index in [1.54, 1.807) is 11.0 Å². The SMILES string of the molecule is Brc1ccc(-c2nnc(CSc3ncn(-c4ccccc4)n3)o2)cc1. The zero-order chi connectivity index (χ0) is 17.1. The maximum Gasteiger partial charge on any atom is 0.247 e. The summed E-state index contributed by atoms with van der Waals surface area (Å²) in [4.78, 5) is 4.30. The van der Waals surface area contributed by atoms with Crippen molar-refractivity contribution in [1.82, 2.24) is 25.0 Å². The van der Waals surface area contributed by atoms with Gasteiger partial charge in [0.1, 0.15) is 6.33 Å². The Morgan fingerprint density at radius 2 is 1.80 bits per heavy atom. The summed E-state index contributed by atoms with van der Waals surface area (Å²) < 4.78 is 8.45. The van der Waals surface area contributed by atoms with Gasteiger partial charge in [0.05, 0.1) is 11.4 Å². The van der Waals surface area contributed by atoms with E-state index in [0.717, 1.165) is 15.7 Å². The molecule has 0 aliphatic rings. The fourth-order valence-corrected chi connectivity index (χ4v) is 3.07. The molecule has 8 heteroatoms. The first-order chi connectivity index (χ1) is 12.3. The highest BCUT2D eigenvalue weighted by Gasteiger charge is 2.10. The van der Waals surface area contributed by atoms with Gasteiger partial charge in [-0.1, -0.05) is 45.9 Å². The molecule has 2 aromatic carbocycles. The van der Waals surface area contributed by atoms with Crippen molar-refractivity contribution >= 4 is 27.7 Å². The second-order valence-corrected chi connectivity index (χ2v) is 6.96. The van der Waals surface area contributed by atoms with Crippen LogP contribution in [-0.2, 0) is 5.75 Å². The molecule has 0 spiro atoms. The van der Waals surface area contributed by atoms with E-state index in [4.69, 9.17) is 4.42 Å². The molecule has 0 aliphatic heterocycles. The number of nitrogens with zero attached hydrogens (tertiary/aromatic N) is 5. The molecule has 0 atom stereocenters. The lowest BCUT2D eigenvalue weighted by molar-refractivity contribution is 0.528. The molecule has 4 rings (SSSR count). The summed E-state index contributed by atoms with van der Waals surface area (Å²) in [5.41, 5.74) is 1.86. The van der Waals surface area contributed by atoms with Gasteiger partial charge in [-0.3, -0.25) is 0 Å². The summed E-state index contributed by atoms with van der Waals surface area (Å²) in [6.07, 6.45) is 1.69. The number of halogens is 1. The second kappa shape index (κ2) is 7.20. The highest BCUT2D eigenvalue weighted by Crippen LogP contribution is 2.23. The Balaban J connectivity index is 1.42. The highest BCUT2D eigenvalue weighted by molar-refractivity contribution is 9.10. The molecule has 0 saturated heterocycles. The third kappa shape index (κ3) is 3.80. The number of aromatic nitrogens is 5. The predicted molar refractivity (Wildman–Crippen MR) is 98.4 cm³/mol. The Bertz CT molecular complexity index is 968. The Morgan fingerprint density at radius 3 is 2.60 bits per heavy atom. The van der Waals surface area contributed by atoms with Crippen molar-refractivity contribution in [2.24, 2.45) is 0 Å². The number of hydrogen-bond donors (Lipinski definition) is 0. The van der Waals surface area contributed by atoms with E-state index < -0.39 is 0 Å². The van der Waals surface area contributed by atoms with Crippen molar-refractivity contribution in [2.75, 3.05) is 0 Å². The average molecular weight is 414 g/mol. The molecule has 0 amide bonds. The molecular formula is C17H12BrN5OS. The maximum absolute atomic E-state index is 5.70. The smallest absolute Gasteiger partial charge is 0.247 e. The molecule has 0 bridgehead atoms. The average Bonchev–Trinajstić information content (AvgIpc) is 3.31. The number of hydrogen-bond acceptors (Lipinski definition) is 6. The molecule has 2 aromatic heterocycles. The van der Waals surface area contributed by atoms with Gasteiger partial charge in [0.25, 0.3) is 0 Å². The first kappa shape index (κ1) is 16.0. The van der Waals surface area contributed by atoms with Gasteiger partial charge in [-0.15, -0.1) is 15.3 Å². The molecule has 0 aliphatic carbocycles. The molecule has 2 heterocycles. The molecule has 25 heavy (non-hydrogen) atoms. The van der Waals surface area contributed by atoms with Crippen molar-refractivity contribution in [1.29, 1.82) is 0 Å². The van der Waals surface area contributed by atoms with Crippen LogP contribution in [0.2, 0.25) is 0 Å². The number of benzene rings is 2. The first-order valence-electron chi connectivity index (χ1n) is 7.46. The van der Waals surface area contributed by atoms with Gasteiger partial charge in [0.15, 0.2) is 0 Å². The molecule has 0 radical (unpaired) electrons. The van der Waals surface area contributed by atoms with Crippen LogP contribution in [0.3, 0.4) is 0 Å². The van der Waals surface area contributed by atoms with Gasteiger partial charge in [-0.2, -0.15) is 0 Å². The van der Waals surface area contributed by atoms with E-state index in [1.165, 1.54) is 11.8 Å². The minimum atomic E-state index is 0.505. The number of para-hydroxylation sites is 1. The topological polar surface area (TPSA) is 69.6 Å². The standard InChI is InChI=1S/C17H12BrN5OS/c18-13-8-6-12(7-9-13)16-21-20-15(24-16)10-25-17-19-11-23(22-17)14-4-2-1-3-5-14/h1-9,11H,10H2. The molecule has 6 nitrogen and oxygen atoms in total. The van der Waals surface area contributed by atoms with Crippen molar-refractivity contribution in [3.8, 4) is 17.1 Å². The fraction of sp³-hybridized carbons (Fsp3) is 0.0588. The van der Waals surface area contributed by atoms with Crippen LogP contribution < -0.4 is 0 Å². The van der Waals surface area contributed by atoms with Crippen LogP contribution in [0, 0.1) is 0 Å². The fourth-order valence-electron chi connectivity index (χ4n) is 2.17. The summed E-state index contributed by atoms with van der Waals surface area (Å²) in [5, 5.41) is 13.3. The minimum Gasteiger partial charge on any atom is -0.420 e. The summed E-state index contributed by atoms with van der Waals surface area (Å²) in [6, 6.07) is 17.6.